The molecule has 0 aromatic heterocycles. The zero-order valence-electron chi connectivity index (χ0n) is 12.0. The summed E-state index contributed by atoms with van der Waals surface area (Å²) in [5, 5.41) is 9.80. The third kappa shape index (κ3) is 4.58. The Morgan fingerprint density at radius 3 is 2.65 bits per heavy atom. The van der Waals surface area contributed by atoms with E-state index in [1.165, 1.54) is 7.11 Å². The molecular formula is C14H20ClNO4. The van der Waals surface area contributed by atoms with Gasteiger partial charge >= 0.3 is 0 Å². The molecule has 0 aliphatic carbocycles. The number of aliphatic hydroxyl groups excluding tert-OH is 1. The first-order valence-electron chi connectivity index (χ1n) is 6.29. The van der Waals surface area contributed by atoms with Gasteiger partial charge in [0.05, 0.1) is 20.3 Å². The van der Waals surface area contributed by atoms with Gasteiger partial charge in [0, 0.05) is 37.2 Å². The summed E-state index contributed by atoms with van der Waals surface area (Å²) in [5.41, 5.74) is 0.563. The molecule has 0 bridgehead atoms. The highest BCUT2D eigenvalue weighted by Crippen LogP contribution is 2.34. The fourth-order valence-corrected chi connectivity index (χ4v) is 1.91. The second kappa shape index (κ2) is 7.97. The number of benzene rings is 1. The average Bonchev–Trinajstić information content (AvgIpc) is 2.43. The zero-order chi connectivity index (χ0) is 15.1. The van der Waals surface area contributed by atoms with Gasteiger partial charge in [-0.2, -0.15) is 0 Å². The van der Waals surface area contributed by atoms with Crippen molar-refractivity contribution in [3.8, 4) is 11.5 Å². The van der Waals surface area contributed by atoms with Crippen molar-refractivity contribution in [2.75, 3.05) is 27.8 Å². The lowest BCUT2D eigenvalue weighted by Gasteiger charge is -2.15. The first-order chi connectivity index (χ1) is 9.49. The minimum Gasteiger partial charge on any atom is -0.493 e. The van der Waals surface area contributed by atoms with Crippen LogP contribution in [0.5, 0.6) is 11.5 Å². The average molecular weight is 302 g/mol. The molecule has 1 aromatic rings. The lowest BCUT2D eigenvalue weighted by Crippen LogP contribution is -2.21. The van der Waals surface area contributed by atoms with E-state index < -0.39 is 0 Å². The number of carbonyl (C=O) groups excluding carboxylic acids is 1. The summed E-state index contributed by atoms with van der Waals surface area (Å²) in [5.74, 6) is 0.997. The molecule has 0 aliphatic heterocycles. The van der Waals surface area contributed by atoms with Gasteiger partial charge in [-0.3, -0.25) is 4.79 Å². The predicted molar refractivity (Wildman–Crippen MR) is 77.3 cm³/mol. The molecule has 0 saturated carbocycles. The molecule has 1 amide bonds. The number of nitrogens with zero attached hydrogens (tertiary/aromatic N) is 1. The maximum atomic E-state index is 11.4. The van der Waals surface area contributed by atoms with Crippen molar-refractivity contribution in [3.05, 3.63) is 22.7 Å². The highest BCUT2D eigenvalue weighted by molar-refractivity contribution is 6.30. The highest BCUT2D eigenvalue weighted by atomic mass is 35.5. The Kier molecular flexibility index (Phi) is 6.61. The largest absolute Gasteiger partial charge is 0.493 e. The smallest absolute Gasteiger partial charge is 0.222 e. The topological polar surface area (TPSA) is 59.0 Å². The van der Waals surface area contributed by atoms with E-state index >= 15 is 0 Å². The Balaban J connectivity index is 2.65. The van der Waals surface area contributed by atoms with Gasteiger partial charge in [-0.25, -0.2) is 0 Å². The van der Waals surface area contributed by atoms with Crippen LogP contribution in [-0.4, -0.2) is 43.7 Å². The monoisotopic (exact) mass is 301 g/mol. The van der Waals surface area contributed by atoms with Crippen LogP contribution in [0, 0.1) is 0 Å². The molecule has 1 N–H and O–H groups in total. The van der Waals surface area contributed by atoms with Crippen LogP contribution in [0.25, 0.3) is 0 Å². The molecule has 1 aromatic carbocycles. The molecule has 0 atom stereocenters. The number of hydrogen-bond donors (Lipinski definition) is 1. The third-order valence-electron chi connectivity index (χ3n) is 2.77. The van der Waals surface area contributed by atoms with E-state index in [9.17, 15) is 9.90 Å². The van der Waals surface area contributed by atoms with Crippen molar-refractivity contribution in [2.45, 2.75) is 19.4 Å². The molecule has 0 aliphatic rings. The van der Waals surface area contributed by atoms with Gasteiger partial charge in [0.25, 0.3) is 0 Å². The first kappa shape index (κ1) is 16.6. The van der Waals surface area contributed by atoms with Gasteiger partial charge in [-0.05, 0) is 12.5 Å². The fourth-order valence-electron chi connectivity index (χ4n) is 1.68. The Labute approximate surface area is 124 Å². The van der Waals surface area contributed by atoms with Gasteiger partial charge in [0.15, 0.2) is 11.5 Å². The number of methoxy groups -OCH3 is 1. The molecule has 5 nitrogen and oxygen atoms in total. The minimum absolute atomic E-state index is 0.0547. The van der Waals surface area contributed by atoms with E-state index in [-0.39, 0.29) is 12.5 Å². The van der Waals surface area contributed by atoms with Crippen molar-refractivity contribution in [3.63, 3.8) is 0 Å². The molecule has 0 unspecified atom stereocenters. The van der Waals surface area contributed by atoms with Crippen LogP contribution in [0.1, 0.15) is 18.4 Å². The molecule has 112 valence electrons. The minimum atomic E-state index is -0.192. The van der Waals surface area contributed by atoms with Gasteiger partial charge in [0.1, 0.15) is 0 Å². The van der Waals surface area contributed by atoms with E-state index in [4.69, 9.17) is 21.1 Å². The van der Waals surface area contributed by atoms with Crippen LogP contribution >= 0.6 is 11.6 Å². The van der Waals surface area contributed by atoms with Gasteiger partial charge in [-0.15, -0.1) is 0 Å². The lowest BCUT2D eigenvalue weighted by molar-refractivity contribution is -0.128. The van der Waals surface area contributed by atoms with Crippen molar-refractivity contribution < 1.29 is 19.4 Å². The number of carbonyl (C=O) groups is 1. The Morgan fingerprint density at radius 1 is 1.40 bits per heavy atom. The van der Waals surface area contributed by atoms with Gasteiger partial charge in [0.2, 0.25) is 5.91 Å². The van der Waals surface area contributed by atoms with E-state index in [1.54, 1.807) is 31.1 Å². The number of ether oxygens (including phenoxy) is 2. The summed E-state index contributed by atoms with van der Waals surface area (Å²) in [6, 6.07) is 3.26. The molecule has 20 heavy (non-hydrogen) atoms. The molecule has 6 heteroatoms. The number of rotatable bonds is 7. The molecule has 0 heterocycles. The number of amides is 1. The van der Waals surface area contributed by atoms with Crippen LogP contribution in [0.4, 0.5) is 0 Å². The summed E-state index contributed by atoms with van der Waals surface area (Å²) in [4.78, 5) is 13.0. The molecule has 1 rings (SSSR count). The van der Waals surface area contributed by atoms with E-state index in [1.807, 2.05) is 0 Å². The summed E-state index contributed by atoms with van der Waals surface area (Å²) in [6.45, 7) is 0.174. The molecule has 0 radical (unpaired) electrons. The Hall–Kier alpha value is -1.46. The SMILES string of the molecule is COc1cc(Cl)cc(CO)c1OCCCC(=O)N(C)C. The highest BCUT2D eigenvalue weighted by Gasteiger charge is 2.12. The number of aliphatic hydroxyl groups is 1. The van der Waals surface area contributed by atoms with Crippen LogP contribution in [0.2, 0.25) is 5.02 Å². The van der Waals surface area contributed by atoms with Crippen LogP contribution in [-0.2, 0) is 11.4 Å². The maximum absolute atomic E-state index is 11.4. The van der Waals surface area contributed by atoms with Crippen LogP contribution < -0.4 is 9.47 Å². The summed E-state index contributed by atoms with van der Waals surface area (Å²) >= 11 is 5.92. The summed E-state index contributed by atoms with van der Waals surface area (Å²) in [7, 11) is 4.94. The van der Waals surface area contributed by atoms with E-state index in [0.717, 1.165) is 0 Å². The molecule has 0 saturated heterocycles. The Morgan fingerprint density at radius 2 is 2.10 bits per heavy atom. The second-order valence-electron chi connectivity index (χ2n) is 4.49. The van der Waals surface area contributed by atoms with E-state index in [2.05, 4.69) is 0 Å². The van der Waals surface area contributed by atoms with Crippen molar-refractivity contribution >= 4 is 17.5 Å². The Bertz CT molecular complexity index is 437. The fraction of sp³-hybridized carbons (Fsp3) is 0.500. The lowest BCUT2D eigenvalue weighted by atomic mass is 10.2. The first-order valence-corrected chi connectivity index (χ1v) is 6.67. The van der Waals surface area contributed by atoms with Crippen molar-refractivity contribution in [1.29, 1.82) is 0 Å². The molecule has 0 fully saturated rings. The quantitative estimate of drug-likeness (QED) is 0.784. The van der Waals surface area contributed by atoms with Crippen LogP contribution in [0.15, 0.2) is 12.1 Å². The van der Waals surface area contributed by atoms with Crippen LogP contribution in [0.3, 0.4) is 0 Å². The normalized spacial score (nSPS) is 10.2. The predicted octanol–water partition coefficient (Wildman–Crippen LogP) is 2.09. The molecular weight excluding hydrogens is 282 g/mol. The third-order valence-corrected chi connectivity index (χ3v) is 2.99. The number of halogens is 1. The number of hydrogen-bond acceptors (Lipinski definition) is 4. The van der Waals surface area contributed by atoms with E-state index in [0.29, 0.717) is 41.5 Å². The maximum Gasteiger partial charge on any atom is 0.222 e. The summed E-state index contributed by atoms with van der Waals surface area (Å²) < 4.78 is 10.8. The zero-order valence-corrected chi connectivity index (χ0v) is 12.7. The van der Waals surface area contributed by atoms with Crippen molar-refractivity contribution in [2.24, 2.45) is 0 Å². The van der Waals surface area contributed by atoms with Gasteiger partial charge in [-0.1, -0.05) is 11.6 Å². The van der Waals surface area contributed by atoms with Crippen molar-refractivity contribution in [1.82, 2.24) is 4.90 Å². The standard InChI is InChI=1S/C14H20ClNO4/c1-16(2)13(18)5-4-6-20-14-10(9-17)7-11(15)8-12(14)19-3/h7-8,17H,4-6,9H2,1-3H3. The summed E-state index contributed by atoms with van der Waals surface area (Å²) in [6.07, 6.45) is 1.00. The molecule has 0 spiro atoms. The second-order valence-corrected chi connectivity index (χ2v) is 4.93. The van der Waals surface area contributed by atoms with Gasteiger partial charge < -0.3 is 19.5 Å².